The molecular weight excluding hydrogens is 292 g/mol. The fourth-order valence-corrected chi connectivity index (χ4v) is 2.85. The fourth-order valence-electron chi connectivity index (χ4n) is 1.92. The number of hydrogen-bond donors (Lipinski definition) is 2. The van der Waals surface area contributed by atoms with E-state index in [2.05, 4.69) is 5.32 Å². The number of aromatic carboxylic acids is 1. The second-order valence-electron chi connectivity index (χ2n) is 4.63. The number of anilines is 1. The first kappa shape index (κ1) is 15.4. The Morgan fingerprint density at radius 1 is 1.33 bits per heavy atom. The normalized spacial score (nSPS) is 18.1. The SMILES string of the molecule is CCCCN1C(=O)S[C@@H](Nc2ccc(C(=O)O)cc2)C1=O. The summed E-state index contributed by atoms with van der Waals surface area (Å²) >= 11 is 0.948. The molecule has 0 spiro atoms. The lowest BCUT2D eigenvalue weighted by Crippen LogP contribution is -2.35. The Kier molecular flexibility index (Phi) is 4.85. The third-order valence-electron chi connectivity index (χ3n) is 3.09. The molecule has 0 aromatic heterocycles. The summed E-state index contributed by atoms with van der Waals surface area (Å²) in [6, 6.07) is 6.06. The van der Waals surface area contributed by atoms with Gasteiger partial charge in [0.2, 0.25) is 0 Å². The summed E-state index contributed by atoms with van der Waals surface area (Å²) in [5.41, 5.74) is 0.780. The number of carbonyl (C=O) groups excluding carboxylic acids is 2. The maximum atomic E-state index is 12.1. The van der Waals surface area contributed by atoms with Crippen LogP contribution in [0.15, 0.2) is 24.3 Å². The lowest BCUT2D eigenvalue weighted by atomic mass is 10.2. The van der Waals surface area contributed by atoms with Gasteiger partial charge in [-0.3, -0.25) is 14.5 Å². The number of nitrogens with zero attached hydrogens (tertiary/aromatic N) is 1. The predicted octanol–water partition coefficient (Wildman–Crippen LogP) is 2.62. The van der Waals surface area contributed by atoms with Gasteiger partial charge in [0.05, 0.1) is 5.56 Å². The van der Waals surface area contributed by atoms with Crippen LogP contribution in [0.3, 0.4) is 0 Å². The van der Waals surface area contributed by atoms with Crippen molar-refractivity contribution in [3.8, 4) is 0 Å². The summed E-state index contributed by atoms with van der Waals surface area (Å²) < 4.78 is 0. The quantitative estimate of drug-likeness (QED) is 0.840. The molecule has 0 radical (unpaired) electrons. The molecule has 2 rings (SSSR count). The lowest BCUT2D eigenvalue weighted by molar-refractivity contribution is -0.126. The van der Waals surface area contributed by atoms with Crippen molar-refractivity contribution in [2.24, 2.45) is 0 Å². The van der Waals surface area contributed by atoms with Gasteiger partial charge in [-0.1, -0.05) is 13.3 Å². The van der Waals surface area contributed by atoms with Crippen molar-refractivity contribution in [1.29, 1.82) is 0 Å². The minimum absolute atomic E-state index is 0.173. The van der Waals surface area contributed by atoms with Gasteiger partial charge in [0.15, 0.2) is 5.37 Å². The number of carbonyl (C=O) groups is 3. The Morgan fingerprint density at radius 2 is 2.00 bits per heavy atom. The zero-order valence-corrected chi connectivity index (χ0v) is 12.4. The minimum atomic E-state index is -1.01. The molecular formula is C14H16N2O4S. The number of carboxylic acids is 1. The van der Waals surface area contributed by atoms with E-state index in [0.29, 0.717) is 12.2 Å². The summed E-state index contributed by atoms with van der Waals surface area (Å²) in [6.07, 6.45) is 1.70. The first-order valence-electron chi connectivity index (χ1n) is 6.65. The number of amides is 2. The highest BCUT2D eigenvalue weighted by Gasteiger charge is 2.39. The molecule has 0 bridgehead atoms. The van der Waals surface area contributed by atoms with Gasteiger partial charge in [0.1, 0.15) is 0 Å². The first-order valence-corrected chi connectivity index (χ1v) is 7.52. The molecule has 1 fully saturated rings. The second kappa shape index (κ2) is 6.62. The largest absolute Gasteiger partial charge is 0.478 e. The van der Waals surface area contributed by atoms with Crippen LogP contribution in [-0.2, 0) is 4.79 Å². The number of carboxylic acid groups (broad SMARTS) is 1. The van der Waals surface area contributed by atoms with E-state index in [1.165, 1.54) is 17.0 Å². The van der Waals surface area contributed by atoms with Crippen molar-refractivity contribution in [3.63, 3.8) is 0 Å². The molecule has 7 heteroatoms. The van der Waals surface area contributed by atoms with Gasteiger partial charge in [-0.15, -0.1) is 0 Å². The molecule has 2 N–H and O–H groups in total. The van der Waals surface area contributed by atoms with E-state index in [9.17, 15) is 14.4 Å². The van der Waals surface area contributed by atoms with Crippen LogP contribution in [0.5, 0.6) is 0 Å². The van der Waals surface area contributed by atoms with E-state index in [-0.39, 0.29) is 16.7 Å². The van der Waals surface area contributed by atoms with Gasteiger partial charge in [0, 0.05) is 12.2 Å². The van der Waals surface area contributed by atoms with Gasteiger partial charge < -0.3 is 10.4 Å². The number of benzene rings is 1. The van der Waals surface area contributed by atoms with Crippen molar-refractivity contribution >= 4 is 34.6 Å². The highest BCUT2D eigenvalue weighted by atomic mass is 32.2. The molecule has 1 heterocycles. The Hall–Kier alpha value is -2.02. The van der Waals surface area contributed by atoms with Crippen LogP contribution in [0.25, 0.3) is 0 Å². The molecule has 1 aliphatic heterocycles. The summed E-state index contributed by atoms with van der Waals surface area (Å²) in [6.45, 7) is 2.44. The molecule has 1 aromatic carbocycles. The number of unbranched alkanes of at least 4 members (excludes halogenated alkanes) is 1. The molecule has 1 aliphatic rings. The van der Waals surface area contributed by atoms with E-state index in [1.54, 1.807) is 12.1 Å². The van der Waals surface area contributed by atoms with E-state index < -0.39 is 11.3 Å². The fraction of sp³-hybridized carbons (Fsp3) is 0.357. The Balaban J connectivity index is 2.01. The van der Waals surface area contributed by atoms with Crippen LogP contribution in [0.1, 0.15) is 30.1 Å². The summed E-state index contributed by atoms with van der Waals surface area (Å²) in [4.78, 5) is 35.9. The van der Waals surface area contributed by atoms with E-state index in [0.717, 1.165) is 24.6 Å². The molecule has 0 saturated carbocycles. The van der Waals surface area contributed by atoms with Crippen LogP contribution in [0, 0.1) is 0 Å². The molecule has 21 heavy (non-hydrogen) atoms. The number of nitrogens with one attached hydrogen (secondary N) is 1. The number of thioether (sulfide) groups is 1. The average molecular weight is 308 g/mol. The van der Waals surface area contributed by atoms with Crippen LogP contribution in [-0.4, -0.2) is 39.0 Å². The van der Waals surface area contributed by atoms with Crippen molar-refractivity contribution in [2.45, 2.75) is 25.1 Å². The maximum Gasteiger partial charge on any atom is 0.335 e. The minimum Gasteiger partial charge on any atom is -0.478 e. The van der Waals surface area contributed by atoms with Gasteiger partial charge in [-0.05, 0) is 42.4 Å². The third-order valence-corrected chi connectivity index (χ3v) is 4.07. The molecule has 1 aromatic rings. The zero-order valence-electron chi connectivity index (χ0n) is 11.5. The number of rotatable bonds is 6. The standard InChI is InChI=1S/C14H16N2O4S/c1-2-3-8-16-12(17)11(21-14(16)20)15-10-6-4-9(5-7-10)13(18)19/h4-7,11,15H,2-3,8H2,1H3,(H,18,19)/t11-/m1/s1. The Labute approximate surface area is 126 Å². The van der Waals surface area contributed by atoms with Gasteiger partial charge in [0.25, 0.3) is 11.1 Å². The van der Waals surface area contributed by atoms with Crippen molar-refractivity contribution in [1.82, 2.24) is 4.90 Å². The number of imide groups is 1. The summed E-state index contributed by atoms with van der Waals surface area (Å²) in [5.74, 6) is -1.26. The van der Waals surface area contributed by atoms with Crippen LogP contribution >= 0.6 is 11.8 Å². The Morgan fingerprint density at radius 3 is 2.57 bits per heavy atom. The van der Waals surface area contributed by atoms with Crippen LogP contribution < -0.4 is 5.32 Å². The van der Waals surface area contributed by atoms with Gasteiger partial charge >= 0.3 is 5.97 Å². The second-order valence-corrected chi connectivity index (χ2v) is 5.69. The third kappa shape index (κ3) is 3.55. The highest BCUT2D eigenvalue weighted by molar-refractivity contribution is 8.15. The average Bonchev–Trinajstić information content (AvgIpc) is 2.72. The zero-order chi connectivity index (χ0) is 15.4. The van der Waals surface area contributed by atoms with E-state index in [1.807, 2.05) is 6.92 Å². The maximum absolute atomic E-state index is 12.1. The van der Waals surface area contributed by atoms with Crippen LogP contribution in [0.2, 0.25) is 0 Å². The monoisotopic (exact) mass is 308 g/mol. The molecule has 2 amide bonds. The smallest absolute Gasteiger partial charge is 0.335 e. The first-order chi connectivity index (χ1) is 10.0. The van der Waals surface area contributed by atoms with Gasteiger partial charge in [-0.25, -0.2) is 4.79 Å². The van der Waals surface area contributed by atoms with E-state index in [4.69, 9.17) is 5.11 Å². The summed E-state index contributed by atoms with van der Waals surface area (Å²) in [7, 11) is 0. The molecule has 0 unspecified atom stereocenters. The lowest BCUT2D eigenvalue weighted by Gasteiger charge is -2.14. The van der Waals surface area contributed by atoms with E-state index >= 15 is 0 Å². The molecule has 0 aliphatic carbocycles. The van der Waals surface area contributed by atoms with Crippen molar-refractivity contribution in [2.75, 3.05) is 11.9 Å². The predicted molar refractivity (Wildman–Crippen MR) is 80.4 cm³/mol. The van der Waals surface area contributed by atoms with Gasteiger partial charge in [-0.2, -0.15) is 0 Å². The molecule has 1 saturated heterocycles. The van der Waals surface area contributed by atoms with Crippen molar-refractivity contribution in [3.05, 3.63) is 29.8 Å². The molecule has 1 atom stereocenters. The Bertz CT molecular complexity index is 559. The summed E-state index contributed by atoms with van der Waals surface area (Å²) in [5, 5.41) is 10.9. The van der Waals surface area contributed by atoms with Crippen molar-refractivity contribution < 1.29 is 19.5 Å². The number of hydrogen-bond acceptors (Lipinski definition) is 5. The topological polar surface area (TPSA) is 86.7 Å². The highest BCUT2D eigenvalue weighted by Crippen LogP contribution is 2.28. The van der Waals surface area contributed by atoms with Crippen LogP contribution in [0.4, 0.5) is 10.5 Å². The molecule has 6 nitrogen and oxygen atoms in total. The molecule has 112 valence electrons.